The summed E-state index contributed by atoms with van der Waals surface area (Å²) in [6.45, 7) is 6.76. The Hall–Kier alpha value is -4.73. The molecule has 0 spiro atoms. The Morgan fingerprint density at radius 1 is 0.826 bits per heavy atom. The Bertz CT molecular complexity index is 1630. The fourth-order valence-electron chi connectivity index (χ4n) is 5.47. The van der Waals surface area contributed by atoms with E-state index >= 15 is 0 Å². The van der Waals surface area contributed by atoms with Crippen molar-refractivity contribution < 1.29 is 28.7 Å². The Morgan fingerprint density at radius 3 is 2.26 bits per heavy atom. The number of amides is 2. The van der Waals surface area contributed by atoms with E-state index in [0.29, 0.717) is 38.1 Å². The maximum atomic E-state index is 12.4. The van der Waals surface area contributed by atoms with Crippen LogP contribution in [0.15, 0.2) is 97.1 Å². The van der Waals surface area contributed by atoms with Crippen LogP contribution in [0.4, 0.5) is 4.79 Å². The smallest absolute Gasteiger partial charge is 0.427 e. The van der Waals surface area contributed by atoms with E-state index in [4.69, 9.17) is 14.3 Å². The van der Waals surface area contributed by atoms with E-state index < -0.39 is 11.8 Å². The summed E-state index contributed by atoms with van der Waals surface area (Å²) < 4.78 is 11.9. The Kier molecular flexibility index (Phi) is 10.7. The molecule has 0 radical (unpaired) electrons. The van der Waals surface area contributed by atoms with Gasteiger partial charge in [0.2, 0.25) is 5.91 Å². The summed E-state index contributed by atoms with van der Waals surface area (Å²) in [6.07, 6.45) is 0.498. The molecule has 1 aliphatic heterocycles. The highest BCUT2D eigenvalue weighted by Crippen LogP contribution is 2.32. The van der Waals surface area contributed by atoms with Gasteiger partial charge in [0.05, 0.1) is 19.3 Å². The van der Waals surface area contributed by atoms with E-state index in [1.165, 1.54) is 5.39 Å². The molecule has 1 fully saturated rings. The average Bonchev–Trinajstić information content (AvgIpc) is 3.05. The molecule has 4 aromatic rings. The molecule has 4 aromatic carbocycles. The number of fused-ring (bicyclic) bond motifs is 1. The molecule has 1 saturated heterocycles. The highest BCUT2D eigenvalue weighted by Gasteiger charge is 2.34. The summed E-state index contributed by atoms with van der Waals surface area (Å²) in [5, 5.41) is 3.95. The summed E-state index contributed by atoms with van der Waals surface area (Å²) in [5.74, 6) is -0.560. The normalized spacial score (nSPS) is 16.8. The molecule has 0 aliphatic carbocycles. The topological polar surface area (TPSA) is 106 Å². The number of hydrogen-bond acceptors (Lipinski definition) is 7. The van der Waals surface area contributed by atoms with Crippen LogP contribution in [0.3, 0.4) is 0 Å². The largest absolute Gasteiger partial charge is 0.528 e. The van der Waals surface area contributed by atoms with Crippen molar-refractivity contribution >= 4 is 28.7 Å². The average molecular weight is 624 g/mol. The number of piperidine rings is 1. The van der Waals surface area contributed by atoms with E-state index in [2.05, 4.69) is 53.3 Å². The predicted molar refractivity (Wildman–Crippen MR) is 176 cm³/mol. The van der Waals surface area contributed by atoms with Gasteiger partial charge in [0.1, 0.15) is 5.60 Å². The third kappa shape index (κ3) is 9.39. The molecule has 2 N–H and O–H groups in total. The highest BCUT2D eigenvalue weighted by atomic mass is 16.8. The molecule has 0 aromatic heterocycles. The van der Waals surface area contributed by atoms with Gasteiger partial charge in [0.25, 0.3) is 5.91 Å². The summed E-state index contributed by atoms with van der Waals surface area (Å²) >= 11 is 0. The van der Waals surface area contributed by atoms with Gasteiger partial charge >= 0.3 is 6.16 Å². The van der Waals surface area contributed by atoms with Crippen molar-refractivity contribution in [1.82, 2.24) is 15.9 Å². The zero-order valence-corrected chi connectivity index (χ0v) is 26.5. The first-order valence-electron chi connectivity index (χ1n) is 15.6. The zero-order chi connectivity index (χ0) is 32.5. The number of hydrazine groups is 1. The van der Waals surface area contributed by atoms with Crippen LogP contribution < -0.4 is 10.9 Å². The van der Waals surface area contributed by atoms with Gasteiger partial charge in [-0.15, -0.1) is 5.06 Å². The maximum absolute atomic E-state index is 12.4. The van der Waals surface area contributed by atoms with Gasteiger partial charge in [0.15, 0.2) is 0 Å². The Morgan fingerprint density at radius 2 is 1.52 bits per heavy atom. The van der Waals surface area contributed by atoms with Crippen molar-refractivity contribution in [1.29, 1.82) is 0 Å². The minimum atomic E-state index is -0.729. The predicted octanol–water partition coefficient (Wildman–Crippen LogP) is 6.48. The SMILES string of the molecule is CC(C)(C)OC(=O)ON1CCC(c2ccc(CCC(=O)NNC(=O)c3ccccc3)cc2)C(OCc2ccc3ccccc3c2)C1. The number of hydrogen-bond donors (Lipinski definition) is 2. The summed E-state index contributed by atoms with van der Waals surface area (Å²) in [7, 11) is 0. The van der Waals surface area contributed by atoms with Crippen molar-refractivity contribution in [2.45, 2.75) is 64.3 Å². The minimum Gasteiger partial charge on any atom is -0.427 e. The van der Waals surface area contributed by atoms with Gasteiger partial charge in [-0.2, -0.15) is 0 Å². The van der Waals surface area contributed by atoms with Gasteiger partial charge in [-0.05, 0) is 79.3 Å². The van der Waals surface area contributed by atoms with Crippen LogP contribution in [-0.2, 0) is 32.1 Å². The van der Waals surface area contributed by atoms with Crippen LogP contribution in [0.25, 0.3) is 10.8 Å². The minimum absolute atomic E-state index is 0.0736. The van der Waals surface area contributed by atoms with Gasteiger partial charge in [-0.3, -0.25) is 20.4 Å². The lowest BCUT2D eigenvalue weighted by molar-refractivity contribution is -0.179. The summed E-state index contributed by atoms with van der Waals surface area (Å²) in [4.78, 5) is 42.5. The number of rotatable bonds is 9. The molecular formula is C37H41N3O6. The number of benzene rings is 4. The molecular weight excluding hydrogens is 582 g/mol. The van der Waals surface area contributed by atoms with Gasteiger partial charge in [-0.1, -0.05) is 78.9 Å². The molecule has 0 bridgehead atoms. The fraction of sp³-hybridized carbons (Fsp3) is 0.324. The second-order valence-electron chi connectivity index (χ2n) is 12.5. The molecule has 2 unspecified atom stereocenters. The van der Waals surface area contributed by atoms with Crippen molar-refractivity contribution in [3.05, 3.63) is 119 Å². The van der Waals surface area contributed by atoms with Crippen LogP contribution in [0, 0.1) is 0 Å². The molecule has 240 valence electrons. The maximum Gasteiger partial charge on any atom is 0.528 e. The number of nitrogens with one attached hydrogen (secondary N) is 2. The fourth-order valence-corrected chi connectivity index (χ4v) is 5.47. The zero-order valence-electron chi connectivity index (χ0n) is 26.5. The molecule has 2 amide bonds. The molecule has 1 aliphatic rings. The Balaban J connectivity index is 1.20. The van der Waals surface area contributed by atoms with Crippen molar-refractivity contribution in [3.63, 3.8) is 0 Å². The summed E-state index contributed by atoms with van der Waals surface area (Å²) in [6, 6.07) is 31.4. The third-order valence-electron chi connectivity index (χ3n) is 7.79. The number of hydroxylamine groups is 2. The number of carbonyl (C=O) groups is 3. The third-order valence-corrected chi connectivity index (χ3v) is 7.79. The van der Waals surface area contributed by atoms with Gasteiger partial charge in [0, 0.05) is 24.4 Å². The molecule has 9 nitrogen and oxygen atoms in total. The molecule has 9 heteroatoms. The van der Waals surface area contributed by atoms with Crippen molar-refractivity contribution in [2.75, 3.05) is 13.1 Å². The van der Waals surface area contributed by atoms with E-state index in [1.54, 1.807) is 50.1 Å². The summed E-state index contributed by atoms with van der Waals surface area (Å²) in [5.41, 5.74) is 7.94. The van der Waals surface area contributed by atoms with Crippen LogP contribution in [0.1, 0.15) is 66.6 Å². The molecule has 1 heterocycles. The standard InChI is InChI=1S/C37H41N3O6/c1-37(2,3)45-36(43)46-40-22-21-32(33(24-40)44-25-27-15-17-28-9-7-8-12-31(28)23-27)29-18-13-26(14-19-29)16-20-34(41)38-39-35(42)30-10-5-4-6-11-30/h4-15,17-19,23,32-33H,16,20-22,24-25H2,1-3H3,(H,38,41)(H,39,42). The lowest BCUT2D eigenvalue weighted by Crippen LogP contribution is -2.45. The monoisotopic (exact) mass is 623 g/mol. The highest BCUT2D eigenvalue weighted by molar-refractivity contribution is 5.95. The Labute approximate surface area is 269 Å². The number of aryl methyl sites for hydroxylation is 1. The quantitative estimate of drug-likeness (QED) is 0.163. The number of carbonyl (C=O) groups excluding carboxylic acids is 3. The van der Waals surface area contributed by atoms with Gasteiger partial charge in [-0.25, -0.2) is 4.79 Å². The molecule has 2 atom stereocenters. The first kappa shape index (κ1) is 32.7. The van der Waals surface area contributed by atoms with Gasteiger partial charge < -0.3 is 14.3 Å². The van der Waals surface area contributed by atoms with Crippen molar-refractivity contribution in [3.8, 4) is 0 Å². The van der Waals surface area contributed by atoms with E-state index in [0.717, 1.165) is 22.1 Å². The van der Waals surface area contributed by atoms with Crippen molar-refractivity contribution in [2.24, 2.45) is 0 Å². The molecule has 0 saturated carbocycles. The van der Waals surface area contributed by atoms with Crippen LogP contribution in [-0.4, -0.2) is 47.8 Å². The first-order chi connectivity index (χ1) is 22.1. The lowest BCUT2D eigenvalue weighted by Gasteiger charge is -2.37. The second-order valence-corrected chi connectivity index (χ2v) is 12.5. The van der Waals surface area contributed by atoms with Crippen LogP contribution in [0.2, 0.25) is 0 Å². The lowest BCUT2D eigenvalue weighted by atomic mass is 9.87. The molecule has 46 heavy (non-hydrogen) atoms. The molecule has 5 rings (SSSR count). The van der Waals surface area contributed by atoms with E-state index in [-0.39, 0.29) is 30.3 Å². The van der Waals surface area contributed by atoms with Crippen LogP contribution in [0.5, 0.6) is 0 Å². The second kappa shape index (κ2) is 15.0. The number of nitrogens with zero attached hydrogens (tertiary/aromatic N) is 1. The van der Waals surface area contributed by atoms with E-state index in [9.17, 15) is 14.4 Å². The van der Waals surface area contributed by atoms with E-state index in [1.807, 2.05) is 30.3 Å². The van der Waals surface area contributed by atoms with Crippen LogP contribution >= 0.6 is 0 Å². The number of ether oxygens (including phenoxy) is 2. The first-order valence-corrected chi connectivity index (χ1v) is 15.6.